The summed E-state index contributed by atoms with van der Waals surface area (Å²) in [5.41, 5.74) is 8.36. The molecular formula is C24H35ClN4O3. The van der Waals surface area contributed by atoms with Crippen LogP contribution in [0.15, 0.2) is 18.2 Å². The Hall–Kier alpha value is -2.12. The van der Waals surface area contributed by atoms with Crippen LogP contribution in [-0.4, -0.2) is 46.9 Å². The van der Waals surface area contributed by atoms with Gasteiger partial charge in [-0.3, -0.25) is 14.4 Å². The lowest BCUT2D eigenvalue weighted by atomic mass is 9.86. The van der Waals surface area contributed by atoms with Crippen LogP contribution in [-0.2, 0) is 16.1 Å². The highest BCUT2D eigenvalue weighted by Crippen LogP contribution is 2.37. The highest BCUT2D eigenvalue weighted by Gasteiger charge is 2.41. The summed E-state index contributed by atoms with van der Waals surface area (Å²) in [7, 11) is 0. The molecule has 1 aromatic rings. The van der Waals surface area contributed by atoms with Crippen molar-refractivity contribution >= 4 is 35.8 Å². The van der Waals surface area contributed by atoms with Gasteiger partial charge in [-0.2, -0.15) is 5.01 Å². The molecule has 1 saturated heterocycles. The van der Waals surface area contributed by atoms with Crippen molar-refractivity contribution in [2.24, 2.45) is 11.7 Å². The number of nitrogens with zero attached hydrogens (tertiary/aromatic N) is 3. The molecule has 176 valence electrons. The third kappa shape index (κ3) is 4.79. The zero-order valence-electron chi connectivity index (χ0n) is 18.9. The Kier molecular flexibility index (Phi) is 8.17. The van der Waals surface area contributed by atoms with Crippen molar-refractivity contribution in [2.45, 2.75) is 77.3 Å². The number of hydrogen-bond donors (Lipinski definition) is 1. The van der Waals surface area contributed by atoms with Crippen molar-refractivity contribution in [3.8, 4) is 0 Å². The van der Waals surface area contributed by atoms with Crippen molar-refractivity contribution in [2.75, 3.05) is 18.0 Å². The Bertz CT molecular complexity index is 838. The first kappa shape index (κ1) is 24.5. The Balaban J connectivity index is 0.00000289. The molecule has 2 N–H and O–H groups in total. The third-order valence-electron chi connectivity index (χ3n) is 7.01. The van der Waals surface area contributed by atoms with Gasteiger partial charge in [-0.05, 0) is 69.5 Å². The second-order valence-electron chi connectivity index (χ2n) is 9.22. The second kappa shape index (κ2) is 10.7. The fourth-order valence-electron chi connectivity index (χ4n) is 5.22. The summed E-state index contributed by atoms with van der Waals surface area (Å²) >= 11 is 0. The van der Waals surface area contributed by atoms with E-state index in [9.17, 15) is 14.4 Å². The molecule has 1 saturated carbocycles. The minimum atomic E-state index is -0.278. The van der Waals surface area contributed by atoms with Crippen molar-refractivity contribution in [3.05, 3.63) is 29.3 Å². The van der Waals surface area contributed by atoms with E-state index in [0.717, 1.165) is 54.4 Å². The number of carbonyl (C=O) groups excluding carboxylic acids is 3. The topological polar surface area (TPSA) is 86.9 Å². The number of unbranched alkanes of at least 4 members (excludes halogenated alkanes) is 1. The van der Waals surface area contributed by atoms with Crippen LogP contribution in [0.1, 0.15) is 80.6 Å². The van der Waals surface area contributed by atoms with Crippen LogP contribution < -0.4 is 10.6 Å². The number of nitrogens with two attached hydrogens (primary N) is 1. The minimum Gasteiger partial charge on any atom is -0.368 e. The number of benzene rings is 1. The maximum Gasteiger partial charge on any atom is 0.273 e. The molecule has 0 aromatic heterocycles. The van der Waals surface area contributed by atoms with Gasteiger partial charge in [0.15, 0.2) is 0 Å². The van der Waals surface area contributed by atoms with Gasteiger partial charge in [0.2, 0.25) is 11.8 Å². The number of hydrogen-bond acceptors (Lipinski definition) is 5. The molecule has 1 aromatic carbocycles. The predicted octanol–water partition coefficient (Wildman–Crippen LogP) is 3.64. The molecule has 7 nitrogen and oxygen atoms in total. The lowest BCUT2D eigenvalue weighted by Crippen LogP contribution is -2.52. The van der Waals surface area contributed by atoms with Gasteiger partial charge in [0.05, 0.1) is 6.54 Å². The maximum atomic E-state index is 13.2. The number of carbonyl (C=O) groups is 3. The zero-order chi connectivity index (χ0) is 22.0. The fourth-order valence-corrected chi connectivity index (χ4v) is 5.22. The van der Waals surface area contributed by atoms with Gasteiger partial charge >= 0.3 is 0 Å². The number of hydrazine groups is 1. The van der Waals surface area contributed by atoms with Gasteiger partial charge in [-0.15, -0.1) is 12.4 Å². The molecule has 4 rings (SSSR count). The monoisotopic (exact) mass is 462 g/mol. The van der Waals surface area contributed by atoms with Gasteiger partial charge < -0.3 is 10.6 Å². The molecule has 1 aliphatic carbocycles. The predicted molar refractivity (Wildman–Crippen MR) is 126 cm³/mol. The molecule has 0 bridgehead atoms. The third-order valence-corrected chi connectivity index (χ3v) is 7.01. The number of anilines is 1. The Morgan fingerprint density at radius 1 is 1.03 bits per heavy atom. The lowest BCUT2D eigenvalue weighted by Gasteiger charge is -2.39. The van der Waals surface area contributed by atoms with Crippen LogP contribution >= 0.6 is 12.4 Å². The van der Waals surface area contributed by atoms with Crippen molar-refractivity contribution in [1.29, 1.82) is 0 Å². The number of rotatable bonds is 7. The van der Waals surface area contributed by atoms with E-state index in [1.165, 1.54) is 17.9 Å². The van der Waals surface area contributed by atoms with E-state index in [4.69, 9.17) is 5.73 Å². The van der Waals surface area contributed by atoms with E-state index in [1.54, 1.807) is 0 Å². The summed E-state index contributed by atoms with van der Waals surface area (Å²) < 4.78 is 0. The van der Waals surface area contributed by atoms with E-state index < -0.39 is 0 Å². The van der Waals surface area contributed by atoms with E-state index in [0.29, 0.717) is 37.4 Å². The van der Waals surface area contributed by atoms with Crippen LogP contribution in [0.4, 0.5) is 5.69 Å². The van der Waals surface area contributed by atoms with E-state index >= 15 is 0 Å². The molecule has 32 heavy (non-hydrogen) atoms. The Morgan fingerprint density at radius 2 is 1.72 bits per heavy atom. The number of fused-ring (bicyclic) bond motifs is 1. The number of halogens is 1. The van der Waals surface area contributed by atoms with Crippen LogP contribution in [0.2, 0.25) is 0 Å². The number of imide groups is 1. The molecule has 0 spiro atoms. The molecule has 2 fully saturated rings. The molecule has 0 unspecified atom stereocenters. The molecule has 0 radical (unpaired) electrons. The van der Waals surface area contributed by atoms with Gasteiger partial charge in [0.1, 0.15) is 0 Å². The summed E-state index contributed by atoms with van der Waals surface area (Å²) in [5, 5.41) is 2.45. The lowest BCUT2D eigenvalue weighted by molar-refractivity contribution is -0.163. The molecule has 3 amide bonds. The second-order valence-corrected chi connectivity index (χ2v) is 9.22. The molecule has 3 aliphatic rings. The normalized spacial score (nSPS) is 23.2. The first-order valence-corrected chi connectivity index (χ1v) is 11.8. The highest BCUT2D eigenvalue weighted by atomic mass is 35.5. The molecule has 8 heteroatoms. The molecule has 2 aliphatic heterocycles. The van der Waals surface area contributed by atoms with Crippen LogP contribution in [0.5, 0.6) is 0 Å². The average molecular weight is 463 g/mol. The first-order chi connectivity index (χ1) is 15.0. The summed E-state index contributed by atoms with van der Waals surface area (Å²) in [6, 6.07) is 6.29. The smallest absolute Gasteiger partial charge is 0.273 e. The van der Waals surface area contributed by atoms with Crippen LogP contribution in [0, 0.1) is 5.92 Å². The summed E-state index contributed by atoms with van der Waals surface area (Å²) in [5.74, 6) is -0.0449. The van der Waals surface area contributed by atoms with Crippen LogP contribution in [0.25, 0.3) is 0 Å². The summed E-state index contributed by atoms with van der Waals surface area (Å²) in [4.78, 5) is 40.6. The molecule has 0 atom stereocenters. The molecule has 2 heterocycles. The zero-order valence-corrected chi connectivity index (χ0v) is 19.7. The molecular weight excluding hydrogens is 428 g/mol. The largest absolute Gasteiger partial charge is 0.368 e. The van der Waals surface area contributed by atoms with Crippen molar-refractivity contribution < 1.29 is 14.4 Å². The minimum absolute atomic E-state index is 0. The van der Waals surface area contributed by atoms with Crippen molar-refractivity contribution in [3.63, 3.8) is 0 Å². The SMILES string of the molecule is CC1CCC(N(CCCCN)c2cccc3c2CN(N2C(=O)CCCC2=O)C3=O)CC1.Cl. The van der Waals surface area contributed by atoms with Crippen molar-refractivity contribution in [1.82, 2.24) is 10.0 Å². The Labute approximate surface area is 196 Å². The highest BCUT2D eigenvalue weighted by molar-refractivity contribution is 6.05. The maximum absolute atomic E-state index is 13.2. The number of piperidine rings is 1. The summed E-state index contributed by atoms with van der Waals surface area (Å²) in [6.45, 7) is 4.17. The quantitative estimate of drug-likeness (QED) is 0.493. The van der Waals surface area contributed by atoms with E-state index in [1.807, 2.05) is 12.1 Å². The van der Waals surface area contributed by atoms with Gasteiger partial charge in [-0.25, -0.2) is 5.01 Å². The number of amides is 3. The Morgan fingerprint density at radius 3 is 2.38 bits per heavy atom. The average Bonchev–Trinajstić information content (AvgIpc) is 3.09. The van der Waals surface area contributed by atoms with E-state index in [-0.39, 0.29) is 36.7 Å². The van der Waals surface area contributed by atoms with E-state index in [2.05, 4.69) is 17.9 Å². The van der Waals surface area contributed by atoms with Crippen LogP contribution in [0.3, 0.4) is 0 Å². The summed E-state index contributed by atoms with van der Waals surface area (Å²) in [6.07, 6.45) is 7.88. The van der Waals surface area contributed by atoms with Gasteiger partial charge in [-0.1, -0.05) is 13.0 Å². The van der Waals surface area contributed by atoms with Gasteiger partial charge in [0, 0.05) is 42.2 Å². The fraction of sp³-hybridized carbons (Fsp3) is 0.625. The first-order valence-electron chi connectivity index (χ1n) is 11.8. The van der Waals surface area contributed by atoms with Gasteiger partial charge in [0.25, 0.3) is 5.91 Å². The standard InChI is InChI=1S/C24H34N4O3.ClH/c1-17-10-12-18(13-11-17)26(15-3-2-14-25)21-7-4-6-19-20(21)16-27(24(19)31)28-22(29)8-5-9-23(28)30;/h4,6-7,17-18H,2-3,5,8-16,25H2,1H3;1H.